The van der Waals surface area contributed by atoms with Gasteiger partial charge in [-0.05, 0) is 19.1 Å². The summed E-state index contributed by atoms with van der Waals surface area (Å²) in [4.78, 5) is 0. The van der Waals surface area contributed by atoms with Gasteiger partial charge in [-0.1, -0.05) is 0 Å². The number of hydrogen-bond acceptors (Lipinski definition) is 5. The molecular formula is C9H11F3N6. The molecule has 0 fully saturated rings. The number of hydrogen-bond donors (Lipinski definition) is 2. The Balaban J connectivity index is 2.43. The lowest BCUT2D eigenvalue weighted by Crippen LogP contribution is -2.26. The van der Waals surface area contributed by atoms with Crippen molar-refractivity contribution in [2.24, 2.45) is 5.73 Å². The summed E-state index contributed by atoms with van der Waals surface area (Å²) < 4.78 is 38.5. The molecule has 1 unspecified atom stereocenters. The third-order valence-electron chi connectivity index (χ3n) is 2.26. The molecule has 0 bridgehead atoms. The van der Waals surface area contributed by atoms with Gasteiger partial charge in [0.2, 0.25) is 0 Å². The highest BCUT2D eigenvalue weighted by molar-refractivity contribution is 5.44. The van der Waals surface area contributed by atoms with E-state index in [0.29, 0.717) is 11.1 Å². The maximum atomic E-state index is 12.6. The fourth-order valence-corrected chi connectivity index (χ4v) is 1.35. The Morgan fingerprint density at radius 2 is 2.11 bits per heavy atom. The quantitative estimate of drug-likeness (QED) is 0.857. The number of halogens is 3. The van der Waals surface area contributed by atoms with Gasteiger partial charge in [0.1, 0.15) is 5.82 Å². The first-order valence-corrected chi connectivity index (χ1v) is 5.18. The maximum Gasteiger partial charge on any atom is 0.453 e. The minimum Gasteiger partial charge on any atom is -0.365 e. The highest BCUT2D eigenvalue weighted by atomic mass is 19.4. The Morgan fingerprint density at radius 3 is 2.72 bits per heavy atom. The summed E-state index contributed by atoms with van der Waals surface area (Å²) in [5.74, 6) is -0.868. The normalized spacial score (nSPS) is 13.8. The number of rotatable bonds is 3. The molecular weight excluding hydrogens is 249 g/mol. The number of aromatic nitrogens is 4. The fourth-order valence-electron chi connectivity index (χ4n) is 1.35. The number of fused-ring (bicyclic) bond motifs is 1. The number of nitrogens with zero attached hydrogens (tertiary/aromatic N) is 4. The summed E-state index contributed by atoms with van der Waals surface area (Å²) in [6.07, 6.45) is -4.59. The van der Waals surface area contributed by atoms with E-state index < -0.39 is 12.0 Å². The second-order valence-electron chi connectivity index (χ2n) is 3.79. The van der Waals surface area contributed by atoms with Gasteiger partial charge in [-0.3, -0.25) is 0 Å². The van der Waals surface area contributed by atoms with Crippen molar-refractivity contribution in [2.45, 2.75) is 19.1 Å². The Kier molecular flexibility index (Phi) is 3.07. The third-order valence-corrected chi connectivity index (χ3v) is 2.26. The van der Waals surface area contributed by atoms with Gasteiger partial charge in [0, 0.05) is 12.6 Å². The van der Waals surface area contributed by atoms with Crippen LogP contribution in [-0.4, -0.2) is 32.4 Å². The van der Waals surface area contributed by atoms with Crippen LogP contribution in [0.1, 0.15) is 12.7 Å². The number of nitrogens with one attached hydrogen (secondary N) is 1. The van der Waals surface area contributed by atoms with E-state index in [1.807, 2.05) is 0 Å². The summed E-state index contributed by atoms with van der Waals surface area (Å²) in [6.45, 7) is 2.14. The second kappa shape index (κ2) is 4.41. The maximum absolute atomic E-state index is 12.6. The Bertz CT molecular complexity index is 549. The van der Waals surface area contributed by atoms with Crippen LogP contribution in [0, 0.1) is 0 Å². The molecule has 0 spiro atoms. The topological polar surface area (TPSA) is 81.1 Å². The van der Waals surface area contributed by atoms with Crippen molar-refractivity contribution >= 4 is 11.5 Å². The number of alkyl halides is 3. The molecule has 0 amide bonds. The van der Waals surface area contributed by atoms with Crippen molar-refractivity contribution in [3.63, 3.8) is 0 Å². The van der Waals surface area contributed by atoms with Gasteiger partial charge in [0.05, 0.1) is 0 Å². The first kappa shape index (κ1) is 12.6. The van der Waals surface area contributed by atoms with Crippen LogP contribution >= 0.6 is 0 Å². The van der Waals surface area contributed by atoms with E-state index in [1.54, 1.807) is 6.92 Å². The first-order valence-electron chi connectivity index (χ1n) is 5.18. The zero-order valence-electron chi connectivity index (χ0n) is 9.44. The molecule has 0 saturated heterocycles. The average molecular weight is 260 g/mol. The lowest BCUT2D eigenvalue weighted by Gasteiger charge is -2.12. The molecule has 0 aliphatic rings. The summed E-state index contributed by atoms with van der Waals surface area (Å²) >= 11 is 0. The molecule has 0 radical (unpaired) electrons. The van der Waals surface area contributed by atoms with Crippen molar-refractivity contribution in [1.82, 2.24) is 19.8 Å². The van der Waals surface area contributed by atoms with E-state index in [9.17, 15) is 13.2 Å². The van der Waals surface area contributed by atoms with Crippen molar-refractivity contribution in [2.75, 3.05) is 11.9 Å². The monoisotopic (exact) mass is 260 g/mol. The molecule has 0 aromatic carbocycles. The van der Waals surface area contributed by atoms with Gasteiger partial charge >= 0.3 is 6.18 Å². The number of nitrogens with two attached hydrogens (primary N) is 1. The zero-order chi connectivity index (χ0) is 13.3. The molecule has 2 rings (SSSR count). The van der Waals surface area contributed by atoms with Crippen LogP contribution in [0.3, 0.4) is 0 Å². The minimum atomic E-state index is -4.59. The predicted octanol–water partition coefficient (Wildman–Crippen LogP) is 0.902. The van der Waals surface area contributed by atoms with E-state index in [2.05, 4.69) is 20.6 Å². The summed E-state index contributed by atoms with van der Waals surface area (Å²) in [5.41, 5.74) is 5.45. The largest absolute Gasteiger partial charge is 0.453 e. The molecule has 2 aromatic rings. The van der Waals surface area contributed by atoms with Gasteiger partial charge in [-0.25, -0.2) is 0 Å². The van der Waals surface area contributed by atoms with Crippen molar-refractivity contribution < 1.29 is 13.2 Å². The minimum absolute atomic E-state index is 0.0354. The molecule has 0 aliphatic heterocycles. The molecule has 1 atom stereocenters. The standard InChI is InChI=1S/C9H11F3N6/c1-5(4-13)14-6-2-3-7-15-16-8(9(10,11)12)18(7)17-6/h2-3,5H,4,13H2,1H3,(H,14,17). The molecule has 98 valence electrons. The van der Waals surface area contributed by atoms with Crippen LogP contribution in [0.4, 0.5) is 19.0 Å². The molecule has 0 aliphatic carbocycles. The zero-order valence-corrected chi connectivity index (χ0v) is 9.44. The SMILES string of the molecule is CC(CN)Nc1ccc2nnc(C(F)(F)F)n2n1. The van der Waals surface area contributed by atoms with E-state index in [0.717, 1.165) is 0 Å². The summed E-state index contributed by atoms with van der Waals surface area (Å²) in [6, 6.07) is 2.83. The van der Waals surface area contributed by atoms with Crippen LogP contribution in [0.25, 0.3) is 5.65 Å². The van der Waals surface area contributed by atoms with Gasteiger partial charge in [0.25, 0.3) is 5.82 Å². The van der Waals surface area contributed by atoms with Crippen LogP contribution in [-0.2, 0) is 6.18 Å². The lowest BCUT2D eigenvalue weighted by atomic mass is 10.3. The van der Waals surface area contributed by atoms with Gasteiger partial charge in [0.15, 0.2) is 5.65 Å². The van der Waals surface area contributed by atoms with Gasteiger partial charge in [-0.2, -0.15) is 17.7 Å². The summed E-state index contributed by atoms with van der Waals surface area (Å²) in [5, 5.41) is 13.2. The van der Waals surface area contributed by atoms with Crippen LogP contribution in [0.15, 0.2) is 12.1 Å². The molecule has 6 nitrogen and oxygen atoms in total. The van der Waals surface area contributed by atoms with E-state index in [4.69, 9.17) is 5.73 Å². The molecule has 2 aromatic heterocycles. The Hall–Kier alpha value is -1.90. The number of anilines is 1. The molecule has 2 heterocycles. The van der Waals surface area contributed by atoms with Gasteiger partial charge < -0.3 is 11.1 Å². The van der Waals surface area contributed by atoms with Crippen molar-refractivity contribution in [1.29, 1.82) is 0 Å². The Morgan fingerprint density at radius 1 is 1.39 bits per heavy atom. The van der Waals surface area contributed by atoms with Crippen LogP contribution < -0.4 is 11.1 Å². The summed E-state index contributed by atoms with van der Waals surface area (Å²) in [7, 11) is 0. The lowest BCUT2D eigenvalue weighted by molar-refractivity contribution is -0.146. The van der Waals surface area contributed by atoms with E-state index in [1.165, 1.54) is 12.1 Å². The van der Waals surface area contributed by atoms with E-state index >= 15 is 0 Å². The molecule has 3 N–H and O–H groups in total. The van der Waals surface area contributed by atoms with Crippen LogP contribution in [0.2, 0.25) is 0 Å². The highest BCUT2D eigenvalue weighted by Gasteiger charge is 2.37. The highest BCUT2D eigenvalue weighted by Crippen LogP contribution is 2.27. The smallest absolute Gasteiger partial charge is 0.365 e. The van der Waals surface area contributed by atoms with E-state index in [-0.39, 0.29) is 17.5 Å². The Labute approximate surface area is 100.0 Å². The van der Waals surface area contributed by atoms with Crippen LogP contribution in [0.5, 0.6) is 0 Å². The average Bonchev–Trinajstić information content (AvgIpc) is 2.71. The molecule has 18 heavy (non-hydrogen) atoms. The second-order valence-corrected chi connectivity index (χ2v) is 3.79. The van der Waals surface area contributed by atoms with Crippen molar-refractivity contribution in [3.05, 3.63) is 18.0 Å². The first-order chi connectivity index (χ1) is 8.41. The molecule has 9 heteroatoms. The predicted molar refractivity (Wildman–Crippen MR) is 57.9 cm³/mol. The third kappa shape index (κ3) is 2.35. The van der Waals surface area contributed by atoms with Crippen molar-refractivity contribution in [3.8, 4) is 0 Å². The molecule has 0 saturated carbocycles. The van der Waals surface area contributed by atoms with Gasteiger partial charge in [-0.15, -0.1) is 15.3 Å². The fraction of sp³-hybridized carbons (Fsp3) is 0.444.